The van der Waals surface area contributed by atoms with Crippen molar-refractivity contribution in [2.75, 3.05) is 6.61 Å². The van der Waals surface area contributed by atoms with E-state index in [2.05, 4.69) is 0 Å². The van der Waals surface area contributed by atoms with E-state index in [9.17, 15) is 14.7 Å². The predicted octanol–water partition coefficient (Wildman–Crippen LogP) is 3.95. The summed E-state index contributed by atoms with van der Waals surface area (Å²) in [5.74, 6) is -1.13. The minimum absolute atomic E-state index is 0.201. The molecule has 1 aliphatic carbocycles. The first-order valence-electron chi connectivity index (χ1n) is 8.02. The number of ether oxygens (including phenoxy) is 1. The van der Waals surface area contributed by atoms with Gasteiger partial charge in [-0.1, -0.05) is 26.3 Å². The van der Waals surface area contributed by atoms with Gasteiger partial charge in [-0.05, 0) is 51.4 Å². The second kappa shape index (κ2) is 7.62. The number of carbonyl (C=O) groups excluding carboxylic acids is 1. The molecule has 1 aliphatic rings. The maximum atomic E-state index is 12.5. The summed E-state index contributed by atoms with van der Waals surface area (Å²) in [6, 6.07) is 0. The number of esters is 1. The first kappa shape index (κ1) is 17.7. The first-order chi connectivity index (χ1) is 9.89. The SMILES string of the molecule is CCOC(=O)C(=C1CCCC1)C(CC)(CC(C)C)C(=O)O. The topological polar surface area (TPSA) is 63.6 Å². The molecule has 1 rings (SSSR count). The van der Waals surface area contributed by atoms with Crippen LogP contribution in [0.3, 0.4) is 0 Å². The molecule has 0 heterocycles. The molecule has 0 aromatic rings. The zero-order valence-electron chi connectivity index (χ0n) is 13.7. The summed E-state index contributed by atoms with van der Waals surface area (Å²) < 4.78 is 5.20. The van der Waals surface area contributed by atoms with E-state index < -0.39 is 17.4 Å². The Morgan fingerprint density at radius 1 is 1.24 bits per heavy atom. The lowest BCUT2D eigenvalue weighted by Gasteiger charge is -2.33. The molecule has 1 atom stereocenters. The van der Waals surface area contributed by atoms with Crippen molar-refractivity contribution in [1.82, 2.24) is 0 Å². The lowest BCUT2D eigenvalue weighted by Crippen LogP contribution is -2.38. The van der Waals surface area contributed by atoms with Crippen molar-refractivity contribution in [2.24, 2.45) is 11.3 Å². The standard InChI is InChI=1S/C17H28O4/c1-5-17(16(19)20,11-12(3)4)14(15(18)21-6-2)13-9-7-8-10-13/h12H,5-11H2,1-4H3,(H,19,20). The van der Waals surface area contributed by atoms with Crippen molar-refractivity contribution >= 4 is 11.9 Å². The quantitative estimate of drug-likeness (QED) is 0.571. The molecule has 0 spiro atoms. The van der Waals surface area contributed by atoms with Gasteiger partial charge in [0.25, 0.3) is 0 Å². The van der Waals surface area contributed by atoms with Crippen LogP contribution in [0, 0.1) is 11.3 Å². The highest BCUT2D eigenvalue weighted by atomic mass is 16.5. The first-order valence-corrected chi connectivity index (χ1v) is 8.02. The summed E-state index contributed by atoms with van der Waals surface area (Å²) in [6.07, 6.45) is 4.58. The average molecular weight is 296 g/mol. The van der Waals surface area contributed by atoms with Crippen molar-refractivity contribution < 1.29 is 19.4 Å². The monoisotopic (exact) mass is 296 g/mol. The molecule has 21 heavy (non-hydrogen) atoms. The second-order valence-corrected chi connectivity index (χ2v) is 6.24. The van der Waals surface area contributed by atoms with Crippen LogP contribution in [-0.4, -0.2) is 23.7 Å². The highest BCUT2D eigenvalue weighted by molar-refractivity contribution is 5.98. The van der Waals surface area contributed by atoms with E-state index in [0.717, 1.165) is 31.3 Å². The van der Waals surface area contributed by atoms with Gasteiger partial charge < -0.3 is 9.84 Å². The summed E-state index contributed by atoms with van der Waals surface area (Å²) in [7, 11) is 0. The lowest BCUT2D eigenvalue weighted by molar-refractivity contribution is -0.152. The molecule has 0 bridgehead atoms. The lowest BCUT2D eigenvalue weighted by atomic mass is 9.70. The van der Waals surface area contributed by atoms with Crippen LogP contribution in [0.5, 0.6) is 0 Å². The summed E-state index contributed by atoms with van der Waals surface area (Å²) in [6.45, 7) is 7.87. The maximum Gasteiger partial charge on any atom is 0.335 e. The van der Waals surface area contributed by atoms with Crippen LogP contribution in [0.4, 0.5) is 0 Å². The van der Waals surface area contributed by atoms with Crippen molar-refractivity contribution in [2.45, 2.75) is 66.2 Å². The molecule has 0 saturated heterocycles. The minimum atomic E-state index is -1.11. The molecular weight excluding hydrogens is 268 g/mol. The largest absolute Gasteiger partial charge is 0.481 e. The van der Waals surface area contributed by atoms with Crippen LogP contribution in [0.1, 0.15) is 66.2 Å². The smallest absolute Gasteiger partial charge is 0.335 e. The van der Waals surface area contributed by atoms with E-state index in [0.29, 0.717) is 18.4 Å². The predicted molar refractivity (Wildman–Crippen MR) is 81.9 cm³/mol. The molecule has 1 N–H and O–H groups in total. The zero-order valence-corrected chi connectivity index (χ0v) is 13.7. The normalized spacial score (nSPS) is 17.7. The fourth-order valence-electron chi connectivity index (χ4n) is 3.40. The van der Waals surface area contributed by atoms with E-state index in [4.69, 9.17) is 4.74 Å². The molecule has 120 valence electrons. The van der Waals surface area contributed by atoms with Crippen LogP contribution in [0.25, 0.3) is 0 Å². The Balaban J connectivity index is 3.39. The number of hydrogen-bond donors (Lipinski definition) is 1. The van der Waals surface area contributed by atoms with Gasteiger partial charge in [-0.25, -0.2) is 4.79 Å². The highest BCUT2D eigenvalue weighted by Gasteiger charge is 2.46. The van der Waals surface area contributed by atoms with Crippen LogP contribution in [0.2, 0.25) is 0 Å². The molecule has 0 amide bonds. The van der Waals surface area contributed by atoms with E-state index in [1.807, 2.05) is 20.8 Å². The summed E-state index contributed by atoms with van der Waals surface area (Å²) >= 11 is 0. The molecule has 0 aromatic heterocycles. The van der Waals surface area contributed by atoms with Gasteiger partial charge in [0.15, 0.2) is 0 Å². The Kier molecular flexibility index (Phi) is 6.43. The Bertz CT molecular complexity index is 415. The van der Waals surface area contributed by atoms with Crippen molar-refractivity contribution in [3.63, 3.8) is 0 Å². The average Bonchev–Trinajstić information content (AvgIpc) is 2.90. The van der Waals surface area contributed by atoms with E-state index in [-0.39, 0.29) is 12.5 Å². The van der Waals surface area contributed by atoms with Gasteiger partial charge in [-0.3, -0.25) is 4.79 Å². The molecular formula is C17H28O4. The van der Waals surface area contributed by atoms with Gasteiger partial charge in [0.05, 0.1) is 17.6 Å². The minimum Gasteiger partial charge on any atom is -0.481 e. The zero-order chi connectivity index (χ0) is 16.0. The van der Waals surface area contributed by atoms with Crippen LogP contribution >= 0.6 is 0 Å². The van der Waals surface area contributed by atoms with Gasteiger partial charge in [0.2, 0.25) is 0 Å². The number of allylic oxidation sites excluding steroid dienone is 1. The number of aliphatic carboxylic acids is 1. The third kappa shape index (κ3) is 3.86. The number of carboxylic acid groups (broad SMARTS) is 1. The van der Waals surface area contributed by atoms with Crippen LogP contribution < -0.4 is 0 Å². The van der Waals surface area contributed by atoms with Crippen LogP contribution in [-0.2, 0) is 14.3 Å². The van der Waals surface area contributed by atoms with Gasteiger partial charge in [0, 0.05) is 0 Å². The van der Waals surface area contributed by atoms with Gasteiger partial charge in [-0.2, -0.15) is 0 Å². The fraction of sp³-hybridized carbons (Fsp3) is 0.765. The Morgan fingerprint density at radius 3 is 2.19 bits per heavy atom. The van der Waals surface area contributed by atoms with Crippen molar-refractivity contribution in [1.29, 1.82) is 0 Å². The molecule has 0 radical (unpaired) electrons. The molecule has 1 fully saturated rings. The molecule has 4 nitrogen and oxygen atoms in total. The third-order valence-electron chi connectivity index (χ3n) is 4.29. The fourth-order valence-corrected chi connectivity index (χ4v) is 3.40. The number of hydrogen-bond acceptors (Lipinski definition) is 3. The van der Waals surface area contributed by atoms with E-state index in [1.54, 1.807) is 6.92 Å². The number of rotatable bonds is 7. The molecule has 1 saturated carbocycles. The number of carboxylic acids is 1. The van der Waals surface area contributed by atoms with Crippen LogP contribution in [0.15, 0.2) is 11.1 Å². The maximum absolute atomic E-state index is 12.5. The Labute approximate surface area is 127 Å². The van der Waals surface area contributed by atoms with Gasteiger partial charge in [-0.15, -0.1) is 0 Å². The summed E-state index contributed by atoms with van der Waals surface area (Å²) in [4.78, 5) is 24.5. The van der Waals surface area contributed by atoms with Gasteiger partial charge in [0.1, 0.15) is 0 Å². The number of carbonyl (C=O) groups is 2. The van der Waals surface area contributed by atoms with E-state index >= 15 is 0 Å². The second-order valence-electron chi connectivity index (χ2n) is 6.24. The highest BCUT2D eigenvalue weighted by Crippen LogP contribution is 2.44. The molecule has 0 aliphatic heterocycles. The van der Waals surface area contributed by atoms with Crippen molar-refractivity contribution in [3.8, 4) is 0 Å². The Morgan fingerprint density at radius 2 is 1.81 bits per heavy atom. The third-order valence-corrected chi connectivity index (χ3v) is 4.29. The molecule has 0 aromatic carbocycles. The van der Waals surface area contributed by atoms with Crippen molar-refractivity contribution in [3.05, 3.63) is 11.1 Å². The summed E-state index contributed by atoms with van der Waals surface area (Å²) in [5.41, 5.74) is 0.323. The Hall–Kier alpha value is -1.32. The molecule has 1 unspecified atom stereocenters. The summed E-state index contributed by atoms with van der Waals surface area (Å²) in [5, 5.41) is 9.88. The van der Waals surface area contributed by atoms with Gasteiger partial charge >= 0.3 is 11.9 Å². The molecule has 4 heteroatoms. The van der Waals surface area contributed by atoms with E-state index in [1.165, 1.54) is 0 Å².